The predicted molar refractivity (Wildman–Crippen MR) is 467 cm³/mol. The van der Waals surface area contributed by atoms with Crippen LogP contribution in [0.3, 0.4) is 0 Å². The fourth-order valence-electron chi connectivity index (χ4n) is 20.9. The molecule has 102 heavy (non-hydrogen) atoms. The Bertz CT molecular complexity index is 1830. The Balaban J connectivity index is 0.00000130. The summed E-state index contributed by atoms with van der Waals surface area (Å²) in [6.07, 6.45) is 91.7. The standard InChI is InChI=1S/C79H154.C23H42/c1-14-74-62-77(72(11)67(6)69(74)8)56-50-44-38-32-26-20-17-23-29-35-41-47-53-59-79(13,58-52-46-40-34-28-22-16-19-25-31-37-43-49-55-76-61-64(3)65(4)66(5)71(76)10)60-54-48-42-36-30-24-18-21-27-33-39-45-51-57-78-63-75(15-2)70(9)68(7)73(78)12;1-7-21(4)16-12-8-9-13-17-22(5)18-14-10-11-15-19-23(6)20(2)3/h64-78H,14-63H2,1-13H3;22H,2,4,6-19H2,1,3,5H3. The molecule has 0 heteroatoms. The summed E-state index contributed by atoms with van der Waals surface area (Å²) >= 11 is 0. The zero-order valence-corrected chi connectivity index (χ0v) is 73.9. The second-order valence-electron chi connectivity index (χ2n) is 38.7. The van der Waals surface area contributed by atoms with Crippen LogP contribution >= 0.6 is 0 Å². The molecule has 3 rings (SSSR count). The van der Waals surface area contributed by atoms with Gasteiger partial charge in [0.05, 0.1) is 0 Å². The summed E-state index contributed by atoms with van der Waals surface area (Å²) in [6.45, 7) is 51.8. The molecule has 3 saturated carbocycles. The first-order valence-corrected chi connectivity index (χ1v) is 48.2. The molecule has 3 aliphatic rings. The zero-order chi connectivity index (χ0) is 75.0. The molecule has 0 aromatic carbocycles. The molecular formula is C102H196. The van der Waals surface area contributed by atoms with Crippen molar-refractivity contribution in [2.45, 2.75) is 515 Å². The van der Waals surface area contributed by atoms with Crippen molar-refractivity contribution in [3.63, 3.8) is 0 Å². The van der Waals surface area contributed by atoms with E-state index in [0.717, 1.165) is 113 Å². The third kappa shape index (κ3) is 46.0. The van der Waals surface area contributed by atoms with Crippen LogP contribution in [0.2, 0.25) is 0 Å². The SMILES string of the molecule is C=C(CC)CCCCCCC(C)CCCCCCC(=C)C(=C)C.CCC1CC(CCCCCCCCCCCCCCCC(C)(CCCCCCCCCCCCCCCC2CC(C)C(C)C(C)C2C)CCCCCCCCCCCCCCCC2CC(CC)C(C)C(C)C2C)C(C)C(C)C1C. The average molecular weight is 1420 g/mol. The second-order valence-corrected chi connectivity index (χ2v) is 38.7. The van der Waals surface area contributed by atoms with Crippen LogP contribution in [-0.4, -0.2) is 0 Å². The van der Waals surface area contributed by atoms with Crippen molar-refractivity contribution in [3.05, 3.63) is 36.5 Å². The lowest BCUT2D eigenvalue weighted by Gasteiger charge is -2.44. The van der Waals surface area contributed by atoms with Crippen molar-refractivity contribution in [1.29, 1.82) is 0 Å². The monoisotopic (exact) mass is 1420 g/mol. The van der Waals surface area contributed by atoms with Crippen LogP contribution in [-0.2, 0) is 0 Å². The molecule has 3 aliphatic carbocycles. The first-order valence-electron chi connectivity index (χ1n) is 48.2. The minimum Gasteiger partial charge on any atom is -0.0999 e. The first-order chi connectivity index (χ1) is 49.2. The number of rotatable bonds is 66. The molecule has 3 fully saturated rings. The van der Waals surface area contributed by atoms with Gasteiger partial charge < -0.3 is 0 Å². The van der Waals surface area contributed by atoms with Crippen molar-refractivity contribution in [1.82, 2.24) is 0 Å². The van der Waals surface area contributed by atoms with E-state index in [1.54, 1.807) is 0 Å². The van der Waals surface area contributed by atoms with Crippen molar-refractivity contribution in [3.8, 4) is 0 Å². The van der Waals surface area contributed by atoms with Crippen molar-refractivity contribution in [2.24, 2.45) is 100 Å². The maximum atomic E-state index is 4.08. The highest BCUT2D eigenvalue weighted by atomic mass is 14.4. The van der Waals surface area contributed by atoms with E-state index in [9.17, 15) is 0 Å². The number of hydrogen-bond acceptors (Lipinski definition) is 0. The van der Waals surface area contributed by atoms with Crippen LogP contribution in [0.1, 0.15) is 515 Å². The Morgan fingerprint density at radius 3 is 0.833 bits per heavy atom. The van der Waals surface area contributed by atoms with Gasteiger partial charge in [0.15, 0.2) is 0 Å². The Morgan fingerprint density at radius 1 is 0.294 bits per heavy atom. The average Bonchev–Trinajstić information content (AvgIpc) is 0.835. The lowest BCUT2D eigenvalue weighted by Crippen LogP contribution is -2.36. The molecule has 0 aromatic heterocycles. The summed E-state index contributed by atoms with van der Waals surface area (Å²) in [5.41, 5.74) is 4.40. The molecule has 0 amide bonds. The summed E-state index contributed by atoms with van der Waals surface area (Å²) in [5.74, 6) is 15.1. The van der Waals surface area contributed by atoms with E-state index in [4.69, 9.17) is 0 Å². The van der Waals surface area contributed by atoms with Crippen LogP contribution in [0.15, 0.2) is 36.5 Å². The highest BCUT2D eigenvalue weighted by Crippen LogP contribution is 2.48. The van der Waals surface area contributed by atoms with Gasteiger partial charge in [-0.25, -0.2) is 0 Å². The van der Waals surface area contributed by atoms with E-state index in [1.165, 1.54) is 403 Å². The number of unbranched alkanes of at least 4 members (excludes halogenated alkanes) is 42. The Kier molecular flexibility index (Phi) is 60.0. The minimum atomic E-state index is 0.595. The predicted octanol–water partition coefficient (Wildman–Crippen LogP) is 36.4. The van der Waals surface area contributed by atoms with Crippen molar-refractivity contribution < 1.29 is 0 Å². The van der Waals surface area contributed by atoms with Crippen LogP contribution in [0.25, 0.3) is 0 Å². The van der Waals surface area contributed by atoms with Gasteiger partial charge in [0.25, 0.3) is 0 Å². The maximum Gasteiger partial charge on any atom is -0.0282 e. The van der Waals surface area contributed by atoms with E-state index in [1.807, 2.05) is 0 Å². The van der Waals surface area contributed by atoms with Gasteiger partial charge in [-0.1, -0.05) is 474 Å². The molecule has 0 saturated heterocycles. The molecule has 0 radical (unpaired) electrons. The van der Waals surface area contributed by atoms with Crippen molar-refractivity contribution >= 4 is 0 Å². The second kappa shape index (κ2) is 62.9. The van der Waals surface area contributed by atoms with E-state index >= 15 is 0 Å². The molecule has 0 N–H and O–H groups in total. The largest absolute Gasteiger partial charge is 0.0999 e. The molecule has 0 bridgehead atoms. The normalized spacial score (nSPS) is 26.2. The molecular weight excluding hydrogens is 1230 g/mol. The molecule has 0 heterocycles. The Hall–Kier alpha value is -0.780. The maximum absolute atomic E-state index is 4.08. The molecule has 0 aromatic rings. The summed E-state index contributed by atoms with van der Waals surface area (Å²) < 4.78 is 0. The minimum absolute atomic E-state index is 0.595. The fraction of sp³-hybridized carbons (Fsp3) is 0.941. The third-order valence-electron chi connectivity index (χ3n) is 30.6. The molecule has 0 aliphatic heterocycles. The van der Waals surface area contributed by atoms with E-state index in [2.05, 4.69) is 131 Å². The molecule has 16 atom stereocenters. The van der Waals surface area contributed by atoms with Crippen LogP contribution < -0.4 is 0 Å². The van der Waals surface area contributed by atoms with Gasteiger partial charge in [-0.05, 0) is 178 Å². The molecule has 0 spiro atoms. The first kappa shape index (κ1) is 97.3. The van der Waals surface area contributed by atoms with Gasteiger partial charge in [0.2, 0.25) is 0 Å². The molecule has 16 unspecified atom stereocenters. The highest BCUT2D eigenvalue weighted by Gasteiger charge is 2.39. The lowest BCUT2D eigenvalue weighted by molar-refractivity contribution is 0.0587. The summed E-state index contributed by atoms with van der Waals surface area (Å²) in [4.78, 5) is 0. The summed E-state index contributed by atoms with van der Waals surface area (Å²) in [7, 11) is 0. The summed E-state index contributed by atoms with van der Waals surface area (Å²) in [5, 5.41) is 0. The van der Waals surface area contributed by atoms with Gasteiger partial charge in [0, 0.05) is 0 Å². The highest BCUT2D eigenvalue weighted by molar-refractivity contribution is 5.22. The van der Waals surface area contributed by atoms with E-state index in [0.29, 0.717) is 5.41 Å². The fourth-order valence-corrected chi connectivity index (χ4v) is 20.9. The molecule has 0 nitrogen and oxygen atoms in total. The van der Waals surface area contributed by atoms with Crippen LogP contribution in [0.5, 0.6) is 0 Å². The third-order valence-corrected chi connectivity index (χ3v) is 30.6. The zero-order valence-electron chi connectivity index (χ0n) is 73.9. The van der Waals surface area contributed by atoms with Crippen molar-refractivity contribution in [2.75, 3.05) is 0 Å². The van der Waals surface area contributed by atoms with E-state index < -0.39 is 0 Å². The quantitative estimate of drug-likeness (QED) is 0.0323. The van der Waals surface area contributed by atoms with E-state index in [-0.39, 0.29) is 0 Å². The van der Waals surface area contributed by atoms with Gasteiger partial charge in [-0.3, -0.25) is 0 Å². The van der Waals surface area contributed by atoms with Gasteiger partial charge >= 0.3 is 0 Å². The topological polar surface area (TPSA) is 0 Å². The Labute approximate surface area is 648 Å². The van der Waals surface area contributed by atoms with Gasteiger partial charge in [-0.15, -0.1) is 0 Å². The summed E-state index contributed by atoms with van der Waals surface area (Å²) in [6, 6.07) is 0. The lowest BCUT2D eigenvalue weighted by atomic mass is 9.62. The van der Waals surface area contributed by atoms with Gasteiger partial charge in [-0.2, -0.15) is 0 Å². The smallest absolute Gasteiger partial charge is 0.0282 e. The number of hydrogen-bond donors (Lipinski definition) is 0. The molecule has 604 valence electrons. The van der Waals surface area contributed by atoms with Gasteiger partial charge in [0.1, 0.15) is 0 Å². The van der Waals surface area contributed by atoms with Crippen LogP contribution in [0.4, 0.5) is 0 Å². The van der Waals surface area contributed by atoms with Crippen LogP contribution in [0, 0.1) is 100 Å². The number of allylic oxidation sites excluding steroid dienone is 3. The Morgan fingerprint density at radius 2 is 0.539 bits per heavy atom.